The van der Waals surface area contributed by atoms with Crippen molar-refractivity contribution in [3.63, 3.8) is 0 Å². The summed E-state index contributed by atoms with van der Waals surface area (Å²) in [4.78, 5) is 0. The van der Waals surface area contributed by atoms with Gasteiger partial charge in [0.25, 0.3) is 0 Å². The summed E-state index contributed by atoms with van der Waals surface area (Å²) in [5.41, 5.74) is 0.847. The number of hydrogen-bond donors (Lipinski definition) is 1. The van der Waals surface area contributed by atoms with Crippen LogP contribution in [0, 0.1) is 5.92 Å². The van der Waals surface area contributed by atoms with Gasteiger partial charge in [0.05, 0.1) is 28.8 Å². The van der Waals surface area contributed by atoms with Crippen LogP contribution in [0.1, 0.15) is 12.0 Å². The Balaban J connectivity index is 2.04. The van der Waals surface area contributed by atoms with E-state index in [-0.39, 0.29) is 6.61 Å². The van der Waals surface area contributed by atoms with Crippen molar-refractivity contribution >= 4 is 31.9 Å². The number of hydrogen-bond acceptors (Lipinski definition) is 3. The monoisotopic (exact) mass is 364 g/mol. The van der Waals surface area contributed by atoms with E-state index >= 15 is 0 Å². The molecule has 1 heterocycles. The van der Waals surface area contributed by atoms with Gasteiger partial charge in [-0.1, -0.05) is 0 Å². The first-order chi connectivity index (χ1) is 8.20. The molecule has 0 saturated carbocycles. The molecule has 1 saturated heterocycles. The Labute approximate surface area is 117 Å². The van der Waals surface area contributed by atoms with E-state index in [1.807, 2.05) is 12.1 Å². The van der Waals surface area contributed by atoms with E-state index in [1.165, 1.54) is 0 Å². The van der Waals surface area contributed by atoms with Crippen LogP contribution in [-0.4, -0.2) is 24.9 Å². The number of rotatable bonds is 4. The van der Waals surface area contributed by atoms with Gasteiger partial charge >= 0.3 is 0 Å². The van der Waals surface area contributed by atoms with Gasteiger partial charge in [-0.05, 0) is 56.0 Å². The van der Waals surface area contributed by atoms with Crippen molar-refractivity contribution in [1.29, 1.82) is 0 Å². The average molecular weight is 366 g/mol. The molecule has 1 fully saturated rings. The summed E-state index contributed by atoms with van der Waals surface area (Å²) in [6.45, 7) is 2.30. The Morgan fingerprint density at radius 2 is 2.06 bits per heavy atom. The van der Waals surface area contributed by atoms with Gasteiger partial charge in [0.2, 0.25) is 0 Å². The van der Waals surface area contributed by atoms with Crippen LogP contribution in [0.3, 0.4) is 0 Å². The molecular weight excluding hydrogens is 352 g/mol. The highest BCUT2D eigenvalue weighted by molar-refractivity contribution is 9.11. The predicted octanol–water partition coefficient (Wildman–Crippen LogP) is 3.12. The van der Waals surface area contributed by atoms with Crippen molar-refractivity contribution in [2.75, 3.05) is 19.8 Å². The second kappa shape index (κ2) is 6.18. The minimum atomic E-state index is 0.0218. The third-order valence-corrected chi connectivity index (χ3v) is 3.91. The topological polar surface area (TPSA) is 38.7 Å². The highest BCUT2D eigenvalue weighted by atomic mass is 79.9. The molecule has 5 heteroatoms. The molecule has 1 aliphatic rings. The van der Waals surface area contributed by atoms with Crippen LogP contribution in [0.5, 0.6) is 5.75 Å². The Morgan fingerprint density at radius 1 is 1.35 bits per heavy atom. The lowest BCUT2D eigenvalue weighted by atomic mass is 10.1. The van der Waals surface area contributed by atoms with Crippen LogP contribution < -0.4 is 4.74 Å². The fraction of sp³-hybridized carbons (Fsp3) is 0.500. The molecule has 0 aliphatic carbocycles. The zero-order valence-corrected chi connectivity index (χ0v) is 12.5. The van der Waals surface area contributed by atoms with Gasteiger partial charge in [-0.3, -0.25) is 0 Å². The highest BCUT2D eigenvalue weighted by Crippen LogP contribution is 2.35. The third-order valence-electron chi connectivity index (χ3n) is 2.73. The van der Waals surface area contributed by atoms with E-state index in [0.29, 0.717) is 12.5 Å². The number of halogens is 2. The fourth-order valence-electron chi connectivity index (χ4n) is 1.76. The quantitative estimate of drug-likeness (QED) is 0.890. The number of aliphatic hydroxyl groups excluding tert-OH is 1. The smallest absolute Gasteiger partial charge is 0.147 e. The summed E-state index contributed by atoms with van der Waals surface area (Å²) in [5.74, 6) is 1.26. The van der Waals surface area contributed by atoms with Gasteiger partial charge in [-0.25, -0.2) is 0 Å². The summed E-state index contributed by atoms with van der Waals surface area (Å²) in [6, 6.07) is 3.73. The van der Waals surface area contributed by atoms with Crippen molar-refractivity contribution in [2.24, 2.45) is 5.92 Å². The maximum atomic E-state index is 9.08. The van der Waals surface area contributed by atoms with Gasteiger partial charge < -0.3 is 14.6 Å². The minimum absolute atomic E-state index is 0.0218. The van der Waals surface area contributed by atoms with E-state index in [4.69, 9.17) is 14.6 Å². The summed E-state index contributed by atoms with van der Waals surface area (Å²) in [7, 11) is 0. The molecule has 0 aromatic heterocycles. The van der Waals surface area contributed by atoms with E-state index < -0.39 is 0 Å². The van der Waals surface area contributed by atoms with Crippen molar-refractivity contribution in [1.82, 2.24) is 0 Å². The Kier molecular flexibility index (Phi) is 4.85. The first-order valence-electron chi connectivity index (χ1n) is 5.50. The SMILES string of the molecule is OCc1cc(Br)c(OCC2CCOC2)c(Br)c1. The van der Waals surface area contributed by atoms with Crippen LogP contribution in [0.25, 0.3) is 0 Å². The van der Waals surface area contributed by atoms with Gasteiger partial charge in [-0.15, -0.1) is 0 Å². The predicted molar refractivity (Wildman–Crippen MR) is 72.2 cm³/mol. The van der Waals surface area contributed by atoms with Crippen molar-refractivity contribution < 1.29 is 14.6 Å². The summed E-state index contributed by atoms with van der Waals surface area (Å²) >= 11 is 6.90. The second-order valence-corrected chi connectivity index (χ2v) is 5.80. The maximum Gasteiger partial charge on any atom is 0.147 e. The van der Waals surface area contributed by atoms with Crippen LogP contribution in [-0.2, 0) is 11.3 Å². The highest BCUT2D eigenvalue weighted by Gasteiger charge is 2.17. The number of benzene rings is 1. The standard InChI is InChI=1S/C12H14Br2O3/c13-10-3-9(5-15)4-11(14)12(10)17-7-8-1-2-16-6-8/h3-4,8,15H,1-2,5-7H2. The lowest BCUT2D eigenvalue weighted by Gasteiger charge is -2.14. The Morgan fingerprint density at radius 3 is 2.59 bits per heavy atom. The van der Waals surface area contributed by atoms with Gasteiger partial charge in [-0.2, -0.15) is 0 Å². The molecule has 1 aliphatic heterocycles. The lowest BCUT2D eigenvalue weighted by molar-refractivity contribution is 0.166. The number of ether oxygens (including phenoxy) is 2. The van der Waals surface area contributed by atoms with Gasteiger partial charge in [0.1, 0.15) is 5.75 Å². The third kappa shape index (κ3) is 3.44. The van der Waals surface area contributed by atoms with Crippen LogP contribution in [0.4, 0.5) is 0 Å². The zero-order chi connectivity index (χ0) is 12.3. The molecule has 0 amide bonds. The molecule has 17 heavy (non-hydrogen) atoms. The van der Waals surface area contributed by atoms with Crippen molar-refractivity contribution in [3.8, 4) is 5.75 Å². The average Bonchev–Trinajstić information content (AvgIpc) is 2.80. The normalized spacial score (nSPS) is 19.6. The molecule has 1 aromatic carbocycles. The van der Waals surface area contributed by atoms with Crippen LogP contribution in [0.15, 0.2) is 21.1 Å². The molecule has 0 radical (unpaired) electrons. The van der Waals surface area contributed by atoms with Crippen LogP contribution in [0.2, 0.25) is 0 Å². The van der Waals surface area contributed by atoms with Crippen molar-refractivity contribution in [3.05, 3.63) is 26.6 Å². The summed E-state index contributed by atoms with van der Waals surface area (Å²) in [5, 5.41) is 9.08. The number of aliphatic hydroxyl groups is 1. The van der Waals surface area contributed by atoms with E-state index in [9.17, 15) is 0 Å². The molecule has 94 valence electrons. The van der Waals surface area contributed by atoms with Gasteiger partial charge in [0, 0.05) is 12.5 Å². The molecule has 1 aromatic rings. The maximum absolute atomic E-state index is 9.08. The summed E-state index contributed by atoms with van der Waals surface area (Å²) in [6.07, 6.45) is 1.06. The van der Waals surface area contributed by atoms with Gasteiger partial charge in [0.15, 0.2) is 0 Å². The summed E-state index contributed by atoms with van der Waals surface area (Å²) < 4.78 is 12.8. The second-order valence-electron chi connectivity index (χ2n) is 4.09. The fourth-order valence-corrected chi connectivity index (χ4v) is 3.27. The Bertz CT molecular complexity index is 366. The van der Waals surface area contributed by atoms with Crippen LogP contribution >= 0.6 is 31.9 Å². The largest absolute Gasteiger partial charge is 0.491 e. The minimum Gasteiger partial charge on any atom is -0.491 e. The molecule has 2 rings (SSSR count). The van der Waals surface area contributed by atoms with Crippen molar-refractivity contribution in [2.45, 2.75) is 13.0 Å². The molecule has 1 atom stereocenters. The van der Waals surface area contributed by atoms with E-state index in [2.05, 4.69) is 31.9 Å². The van der Waals surface area contributed by atoms with E-state index in [1.54, 1.807) is 0 Å². The molecule has 0 bridgehead atoms. The molecule has 1 N–H and O–H groups in total. The van der Waals surface area contributed by atoms with E-state index in [0.717, 1.165) is 39.9 Å². The zero-order valence-electron chi connectivity index (χ0n) is 9.29. The first-order valence-corrected chi connectivity index (χ1v) is 7.08. The molecule has 3 nitrogen and oxygen atoms in total. The first kappa shape index (κ1) is 13.3. The molecule has 0 spiro atoms. The lowest BCUT2D eigenvalue weighted by Crippen LogP contribution is -2.12. The molecule has 1 unspecified atom stereocenters. The molecular formula is C12H14Br2O3. The Hall–Kier alpha value is -0.100.